The van der Waals surface area contributed by atoms with Gasteiger partial charge in [0.2, 0.25) is 0 Å². The van der Waals surface area contributed by atoms with E-state index in [1.54, 1.807) is 0 Å². The van der Waals surface area contributed by atoms with Crippen LogP contribution in [0.25, 0.3) is 0 Å². The van der Waals surface area contributed by atoms with Gasteiger partial charge in [-0.25, -0.2) is 0 Å². The number of nitrogens with one attached hydrogen (secondary N) is 1. The average Bonchev–Trinajstić information content (AvgIpc) is 2.07. The molecule has 1 atom stereocenters. The van der Waals surface area contributed by atoms with E-state index in [1.807, 2.05) is 6.08 Å². The van der Waals surface area contributed by atoms with Crippen LogP contribution in [0.2, 0.25) is 0 Å². The lowest BCUT2D eigenvalue weighted by Gasteiger charge is -2.17. The lowest BCUT2D eigenvalue weighted by atomic mass is 10.0. The molecule has 0 aromatic rings. The second-order valence-electron chi connectivity index (χ2n) is 3.52. The van der Waals surface area contributed by atoms with E-state index in [9.17, 15) is 0 Å². The zero-order valence-electron chi connectivity index (χ0n) is 8.77. The Labute approximate surface area is 77.2 Å². The van der Waals surface area contributed by atoms with Crippen LogP contribution in [0, 0.1) is 5.92 Å². The Kier molecular flexibility index (Phi) is 7.17. The zero-order valence-corrected chi connectivity index (χ0v) is 8.77. The molecule has 72 valence electrons. The maximum absolute atomic E-state index is 3.73. The Hall–Kier alpha value is -0.300. The number of rotatable bonds is 7. The Balaban J connectivity index is 3.43. The molecule has 0 saturated carbocycles. The molecule has 0 amide bonds. The van der Waals surface area contributed by atoms with E-state index < -0.39 is 0 Å². The third-order valence-corrected chi connectivity index (χ3v) is 2.43. The molecule has 0 fully saturated rings. The van der Waals surface area contributed by atoms with Crippen molar-refractivity contribution >= 4 is 0 Å². The topological polar surface area (TPSA) is 12.0 Å². The summed E-state index contributed by atoms with van der Waals surface area (Å²) in [6.45, 7) is 11.6. The van der Waals surface area contributed by atoms with E-state index in [4.69, 9.17) is 0 Å². The van der Waals surface area contributed by atoms with Gasteiger partial charge in [0.25, 0.3) is 0 Å². The zero-order chi connectivity index (χ0) is 9.40. The predicted molar refractivity (Wildman–Crippen MR) is 56.4 cm³/mol. The molecule has 0 aliphatic heterocycles. The molecule has 1 heteroatoms. The fraction of sp³-hybridized carbons (Fsp3) is 0.818. The molecule has 12 heavy (non-hydrogen) atoms. The SMILES string of the molecule is C=CCC(C)NCC(CC)CC. The number of hydrogen-bond donors (Lipinski definition) is 1. The summed E-state index contributed by atoms with van der Waals surface area (Å²) in [5.41, 5.74) is 0. The first-order chi connectivity index (χ1) is 5.74. The lowest BCUT2D eigenvalue weighted by Crippen LogP contribution is -2.30. The number of hydrogen-bond acceptors (Lipinski definition) is 1. The van der Waals surface area contributed by atoms with E-state index in [0.29, 0.717) is 6.04 Å². The molecule has 0 aliphatic rings. The predicted octanol–water partition coefficient (Wildman–Crippen LogP) is 2.98. The monoisotopic (exact) mass is 169 g/mol. The van der Waals surface area contributed by atoms with Crippen molar-refractivity contribution < 1.29 is 0 Å². The molecule has 1 N–H and O–H groups in total. The first-order valence-electron chi connectivity index (χ1n) is 5.08. The van der Waals surface area contributed by atoms with Gasteiger partial charge >= 0.3 is 0 Å². The highest BCUT2D eigenvalue weighted by atomic mass is 14.9. The van der Waals surface area contributed by atoms with E-state index in [2.05, 4.69) is 32.7 Å². The van der Waals surface area contributed by atoms with Gasteiger partial charge in [0.15, 0.2) is 0 Å². The Morgan fingerprint density at radius 3 is 2.33 bits per heavy atom. The smallest absolute Gasteiger partial charge is 0.00732 e. The normalized spacial score (nSPS) is 13.3. The quantitative estimate of drug-likeness (QED) is 0.578. The van der Waals surface area contributed by atoms with Crippen LogP contribution in [0.3, 0.4) is 0 Å². The molecule has 1 unspecified atom stereocenters. The van der Waals surface area contributed by atoms with Crippen LogP contribution in [0.4, 0.5) is 0 Å². The Morgan fingerprint density at radius 1 is 1.33 bits per heavy atom. The van der Waals surface area contributed by atoms with Crippen LogP contribution in [0.15, 0.2) is 12.7 Å². The van der Waals surface area contributed by atoms with Gasteiger partial charge in [0, 0.05) is 6.04 Å². The Bertz CT molecular complexity index is 106. The van der Waals surface area contributed by atoms with Crippen molar-refractivity contribution in [3.63, 3.8) is 0 Å². The average molecular weight is 169 g/mol. The maximum atomic E-state index is 3.73. The van der Waals surface area contributed by atoms with Crippen LogP contribution in [-0.4, -0.2) is 12.6 Å². The second kappa shape index (κ2) is 7.35. The fourth-order valence-electron chi connectivity index (χ4n) is 1.28. The molecular weight excluding hydrogens is 146 g/mol. The molecule has 0 radical (unpaired) electrons. The second-order valence-corrected chi connectivity index (χ2v) is 3.52. The van der Waals surface area contributed by atoms with Gasteiger partial charge in [-0.05, 0) is 25.8 Å². The molecule has 0 spiro atoms. The van der Waals surface area contributed by atoms with Crippen molar-refractivity contribution in [3.8, 4) is 0 Å². The highest BCUT2D eigenvalue weighted by Gasteiger charge is 2.04. The van der Waals surface area contributed by atoms with Crippen molar-refractivity contribution in [2.24, 2.45) is 5.92 Å². The molecular formula is C11H23N. The van der Waals surface area contributed by atoms with Gasteiger partial charge in [-0.2, -0.15) is 0 Å². The summed E-state index contributed by atoms with van der Waals surface area (Å²) in [5.74, 6) is 0.845. The van der Waals surface area contributed by atoms with E-state index in [-0.39, 0.29) is 0 Å². The molecule has 1 nitrogen and oxygen atoms in total. The van der Waals surface area contributed by atoms with E-state index in [0.717, 1.165) is 18.9 Å². The van der Waals surface area contributed by atoms with Gasteiger partial charge in [-0.3, -0.25) is 0 Å². The molecule has 0 aromatic carbocycles. The van der Waals surface area contributed by atoms with Gasteiger partial charge in [-0.1, -0.05) is 32.8 Å². The fourth-order valence-corrected chi connectivity index (χ4v) is 1.28. The molecule has 0 aliphatic carbocycles. The van der Waals surface area contributed by atoms with E-state index in [1.165, 1.54) is 12.8 Å². The van der Waals surface area contributed by atoms with Gasteiger partial charge in [0.05, 0.1) is 0 Å². The van der Waals surface area contributed by atoms with E-state index >= 15 is 0 Å². The summed E-state index contributed by atoms with van der Waals surface area (Å²) in [4.78, 5) is 0. The molecule has 0 heterocycles. The largest absolute Gasteiger partial charge is 0.314 e. The summed E-state index contributed by atoms with van der Waals surface area (Å²) < 4.78 is 0. The first-order valence-corrected chi connectivity index (χ1v) is 5.08. The minimum atomic E-state index is 0.586. The summed E-state index contributed by atoms with van der Waals surface area (Å²) in [6.07, 6.45) is 5.61. The van der Waals surface area contributed by atoms with Gasteiger partial charge in [0.1, 0.15) is 0 Å². The standard InChI is InChI=1S/C11H23N/c1-5-8-10(4)12-9-11(6-2)7-3/h5,10-12H,1,6-9H2,2-4H3. The molecule has 0 rings (SSSR count). The maximum Gasteiger partial charge on any atom is 0.00732 e. The van der Waals surface area contributed by atoms with Crippen molar-refractivity contribution in [3.05, 3.63) is 12.7 Å². The lowest BCUT2D eigenvalue weighted by molar-refractivity contribution is 0.418. The van der Waals surface area contributed by atoms with Gasteiger partial charge < -0.3 is 5.32 Å². The van der Waals surface area contributed by atoms with Crippen molar-refractivity contribution in [1.29, 1.82) is 0 Å². The van der Waals surface area contributed by atoms with Gasteiger partial charge in [-0.15, -0.1) is 6.58 Å². The van der Waals surface area contributed by atoms with Crippen LogP contribution in [0.5, 0.6) is 0 Å². The minimum Gasteiger partial charge on any atom is -0.314 e. The highest BCUT2D eigenvalue weighted by Crippen LogP contribution is 2.05. The first kappa shape index (κ1) is 11.7. The summed E-state index contributed by atoms with van der Waals surface area (Å²) >= 11 is 0. The third kappa shape index (κ3) is 5.36. The van der Waals surface area contributed by atoms with Crippen molar-refractivity contribution in [1.82, 2.24) is 5.32 Å². The van der Waals surface area contributed by atoms with Crippen molar-refractivity contribution in [2.45, 2.75) is 46.1 Å². The molecule has 0 aromatic heterocycles. The van der Waals surface area contributed by atoms with Crippen LogP contribution >= 0.6 is 0 Å². The van der Waals surface area contributed by atoms with Crippen LogP contribution < -0.4 is 5.32 Å². The molecule has 0 bridgehead atoms. The van der Waals surface area contributed by atoms with Crippen LogP contribution in [-0.2, 0) is 0 Å². The van der Waals surface area contributed by atoms with Crippen LogP contribution in [0.1, 0.15) is 40.0 Å². The summed E-state index contributed by atoms with van der Waals surface area (Å²) in [6, 6.07) is 0.586. The Morgan fingerprint density at radius 2 is 1.92 bits per heavy atom. The molecule has 0 saturated heterocycles. The third-order valence-electron chi connectivity index (χ3n) is 2.43. The highest BCUT2D eigenvalue weighted by molar-refractivity contribution is 4.75. The van der Waals surface area contributed by atoms with Crippen molar-refractivity contribution in [2.75, 3.05) is 6.54 Å². The minimum absolute atomic E-state index is 0.586. The summed E-state index contributed by atoms with van der Waals surface area (Å²) in [5, 5.41) is 3.51. The summed E-state index contributed by atoms with van der Waals surface area (Å²) in [7, 11) is 0.